The highest BCUT2D eigenvalue weighted by Gasteiger charge is 2.32. The zero-order valence-electron chi connectivity index (χ0n) is 18.9. The van der Waals surface area contributed by atoms with Gasteiger partial charge in [0.05, 0.1) is 16.7 Å². The van der Waals surface area contributed by atoms with Gasteiger partial charge < -0.3 is 15.0 Å². The summed E-state index contributed by atoms with van der Waals surface area (Å²) in [4.78, 5) is 18.7. The molecule has 0 bridgehead atoms. The van der Waals surface area contributed by atoms with Crippen LogP contribution in [0.5, 0.6) is 0 Å². The molecule has 0 spiro atoms. The maximum absolute atomic E-state index is 12.0. The molecule has 2 aliphatic heterocycles. The number of hydrogen-bond acceptors (Lipinski definition) is 3. The first kappa shape index (κ1) is 21.0. The molecule has 0 radical (unpaired) electrons. The molecule has 32 heavy (non-hydrogen) atoms. The number of piperidine rings is 1. The van der Waals surface area contributed by atoms with Gasteiger partial charge in [-0.3, -0.25) is 4.90 Å². The number of aromatic nitrogens is 2. The van der Waals surface area contributed by atoms with E-state index in [4.69, 9.17) is 4.98 Å². The SMILES string of the molecule is C[C@H]1CCc2c(ccc3c2nc(Cc2ccccc2)n3[C@@H](C)C2CCNCC2)N1C(=O)O. The van der Waals surface area contributed by atoms with Crippen molar-refractivity contribution in [3.05, 3.63) is 59.4 Å². The molecule has 5 rings (SSSR count). The van der Waals surface area contributed by atoms with Gasteiger partial charge in [0.15, 0.2) is 0 Å². The van der Waals surface area contributed by atoms with Crippen LogP contribution in [0.15, 0.2) is 42.5 Å². The normalized spacial score (nSPS) is 20.3. The average molecular weight is 433 g/mol. The summed E-state index contributed by atoms with van der Waals surface area (Å²) in [5, 5.41) is 13.3. The fraction of sp³-hybridized carbons (Fsp3) is 0.462. The zero-order valence-corrected chi connectivity index (χ0v) is 18.9. The topological polar surface area (TPSA) is 70.4 Å². The first-order chi connectivity index (χ1) is 15.5. The number of imidazole rings is 1. The molecule has 2 atom stereocenters. The number of fused-ring (bicyclic) bond motifs is 3. The summed E-state index contributed by atoms with van der Waals surface area (Å²) in [6, 6.07) is 14.9. The third kappa shape index (κ3) is 3.66. The van der Waals surface area contributed by atoms with E-state index in [1.807, 2.05) is 19.1 Å². The molecule has 0 unspecified atom stereocenters. The summed E-state index contributed by atoms with van der Waals surface area (Å²) in [5.74, 6) is 1.68. The summed E-state index contributed by atoms with van der Waals surface area (Å²) in [6.07, 6.45) is 3.91. The number of nitrogens with one attached hydrogen (secondary N) is 1. The minimum atomic E-state index is -0.884. The van der Waals surface area contributed by atoms with Crippen molar-refractivity contribution in [3.63, 3.8) is 0 Å². The van der Waals surface area contributed by atoms with Gasteiger partial charge in [-0.25, -0.2) is 9.78 Å². The largest absolute Gasteiger partial charge is 0.465 e. The molecule has 6 heteroatoms. The molecule has 2 aromatic carbocycles. The molecule has 1 saturated heterocycles. The third-order valence-corrected chi connectivity index (χ3v) is 7.41. The number of carbonyl (C=O) groups is 1. The standard InChI is InChI=1S/C26H32N4O2/c1-17-8-9-21-22(29(17)26(31)32)10-11-23-25(21)28-24(16-19-6-4-3-5-7-19)30(23)18(2)20-12-14-27-15-13-20/h3-7,10-11,17-18,20,27H,8-9,12-16H2,1-2H3,(H,31,32)/t17-,18-/m0/s1. The van der Waals surface area contributed by atoms with Crippen molar-refractivity contribution >= 4 is 22.8 Å². The summed E-state index contributed by atoms with van der Waals surface area (Å²) in [5.41, 5.74) is 5.24. The van der Waals surface area contributed by atoms with Crippen LogP contribution in [-0.2, 0) is 12.8 Å². The molecule has 6 nitrogen and oxygen atoms in total. The molecule has 1 aromatic heterocycles. The lowest BCUT2D eigenvalue weighted by Gasteiger charge is -2.33. The van der Waals surface area contributed by atoms with Crippen LogP contribution in [-0.4, -0.2) is 39.9 Å². The fourth-order valence-electron chi connectivity index (χ4n) is 5.63. The van der Waals surface area contributed by atoms with Crippen LogP contribution in [0.1, 0.15) is 56.1 Å². The van der Waals surface area contributed by atoms with Gasteiger partial charge in [0, 0.05) is 24.1 Å². The Morgan fingerprint density at radius 2 is 1.91 bits per heavy atom. The van der Waals surface area contributed by atoms with E-state index in [1.54, 1.807) is 0 Å². The number of nitrogens with zero attached hydrogens (tertiary/aromatic N) is 3. The van der Waals surface area contributed by atoms with Crippen molar-refractivity contribution in [1.29, 1.82) is 0 Å². The monoisotopic (exact) mass is 432 g/mol. The van der Waals surface area contributed by atoms with Gasteiger partial charge in [-0.2, -0.15) is 0 Å². The number of rotatable bonds is 4. The summed E-state index contributed by atoms with van der Waals surface area (Å²) in [7, 11) is 0. The van der Waals surface area contributed by atoms with Crippen molar-refractivity contribution in [3.8, 4) is 0 Å². The van der Waals surface area contributed by atoms with E-state index in [0.29, 0.717) is 12.0 Å². The van der Waals surface area contributed by atoms with Gasteiger partial charge in [0.2, 0.25) is 0 Å². The van der Waals surface area contributed by atoms with Crippen molar-refractivity contribution < 1.29 is 9.90 Å². The molecule has 168 valence electrons. The molecule has 3 heterocycles. The summed E-state index contributed by atoms with van der Waals surface area (Å²) < 4.78 is 2.45. The summed E-state index contributed by atoms with van der Waals surface area (Å²) in [6.45, 7) is 6.45. The molecule has 3 aromatic rings. The van der Waals surface area contributed by atoms with E-state index < -0.39 is 6.09 Å². The predicted octanol–water partition coefficient (Wildman–Crippen LogP) is 5.01. The van der Waals surface area contributed by atoms with E-state index in [0.717, 1.165) is 60.5 Å². The Labute approximate surface area is 189 Å². The van der Waals surface area contributed by atoms with Crippen molar-refractivity contribution in [1.82, 2.24) is 14.9 Å². The molecule has 1 amide bonds. The van der Waals surface area contributed by atoms with E-state index >= 15 is 0 Å². The highest BCUT2D eigenvalue weighted by Crippen LogP contribution is 2.39. The highest BCUT2D eigenvalue weighted by atomic mass is 16.4. The van der Waals surface area contributed by atoms with Crippen LogP contribution in [0.4, 0.5) is 10.5 Å². The Morgan fingerprint density at radius 1 is 1.16 bits per heavy atom. The number of aryl methyl sites for hydroxylation is 1. The molecule has 0 saturated carbocycles. The fourth-order valence-corrected chi connectivity index (χ4v) is 5.63. The van der Waals surface area contributed by atoms with Crippen LogP contribution in [0.2, 0.25) is 0 Å². The van der Waals surface area contributed by atoms with Gasteiger partial charge in [-0.15, -0.1) is 0 Å². The number of benzene rings is 2. The van der Waals surface area contributed by atoms with Crippen molar-refractivity contribution in [2.75, 3.05) is 18.0 Å². The van der Waals surface area contributed by atoms with Gasteiger partial charge >= 0.3 is 6.09 Å². The highest BCUT2D eigenvalue weighted by molar-refractivity contribution is 5.94. The maximum atomic E-state index is 12.0. The van der Waals surface area contributed by atoms with Crippen LogP contribution in [0.25, 0.3) is 11.0 Å². The molecule has 0 aliphatic carbocycles. The molecule has 2 aliphatic rings. The van der Waals surface area contributed by atoms with Gasteiger partial charge in [-0.05, 0) is 76.2 Å². The Hall–Kier alpha value is -2.86. The quantitative estimate of drug-likeness (QED) is 0.608. The molecular formula is C26H32N4O2. The molecule has 1 fully saturated rings. The Balaban J connectivity index is 1.65. The van der Waals surface area contributed by atoms with E-state index in [-0.39, 0.29) is 6.04 Å². The number of hydrogen-bond donors (Lipinski definition) is 2. The predicted molar refractivity (Wildman–Crippen MR) is 128 cm³/mol. The average Bonchev–Trinajstić information content (AvgIpc) is 3.17. The zero-order chi connectivity index (χ0) is 22.2. The Morgan fingerprint density at radius 3 is 2.62 bits per heavy atom. The molecule has 2 N–H and O–H groups in total. The second kappa shape index (κ2) is 8.58. The Kier molecular flexibility index (Phi) is 5.64. The van der Waals surface area contributed by atoms with Crippen molar-refractivity contribution in [2.24, 2.45) is 5.92 Å². The van der Waals surface area contributed by atoms with Crippen molar-refractivity contribution in [2.45, 2.75) is 58.0 Å². The van der Waals surface area contributed by atoms with Gasteiger partial charge in [0.1, 0.15) is 5.82 Å². The van der Waals surface area contributed by atoms with E-state index in [2.05, 4.69) is 47.1 Å². The Bertz CT molecular complexity index is 1120. The minimum Gasteiger partial charge on any atom is -0.465 e. The van der Waals surface area contributed by atoms with Gasteiger partial charge in [-0.1, -0.05) is 30.3 Å². The second-order valence-electron chi connectivity index (χ2n) is 9.36. The van der Waals surface area contributed by atoms with E-state index in [1.165, 1.54) is 23.3 Å². The third-order valence-electron chi connectivity index (χ3n) is 7.41. The van der Waals surface area contributed by atoms with Crippen LogP contribution < -0.4 is 10.2 Å². The second-order valence-corrected chi connectivity index (χ2v) is 9.36. The van der Waals surface area contributed by atoms with Gasteiger partial charge in [0.25, 0.3) is 0 Å². The van der Waals surface area contributed by atoms with E-state index in [9.17, 15) is 9.90 Å². The smallest absolute Gasteiger partial charge is 0.412 e. The number of anilines is 1. The first-order valence-corrected chi connectivity index (χ1v) is 11.8. The first-order valence-electron chi connectivity index (χ1n) is 11.8. The van der Waals surface area contributed by atoms with Crippen LogP contribution >= 0.6 is 0 Å². The minimum absolute atomic E-state index is 0.0167. The van der Waals surface area contributed by atoms with Crippen LogP contribution in [0.3, 0.4) is 0 Å². The summed E-state index contributed by atoms with van der Waals surface area (Å²) >= 11 is 0. The lowest BCUT2D eigenvalue weighted by atomic mass is 9.90. The number of carboxylic acid groups (broad SMARTS) is 1. The van der Waals surface area contributed by atoms with Crippen LogP contribution in [0, 0.1) is 5.92 Å². The lowest BCUT2D eigenvalue weighted by molar-refractivity contribution is 0.198. The maximum Gasteiger partial charge on any atom is 0.412 e. The lowest BCUT2D eigenvalue weighted by Crippen LogP contribution is -2.41. The number of amides is 1. The molecular weight excluding hydrogens is 400 g/mol.